The normalized spacial score (nSPS) is 22.1. The molecule has 2 fully saturated rings. The number of piperazine rings is 1. The van der Waals surface area contributed by atoms with Crippen molar-refractivity contribution in [3.05, 3.63) is 0 Å². The summed E-state index contributed by atoms with van der Waals surface area (Å²) in [7, 11) is 0. The Kier molecular flexibility index (Phi) is 3.43. The molecule has 1 saturated carbocycles. The molecule has 0 aromatic rings. The average molecular weight is 223 g/mol. The van der Waals surface area contributed by atoms with E-state index in [1.807, 2.05) is 4.90 Å². The third-order valence-corrected chi connectivity index (χ3v) is 3.33. The molecule has 2 rings (SSSR count). The molecular formula is C11H21N5. The van der Waals surface area contributed by atoms with Crippen LogP contribution in [0.1, 0.15) is 19.3 Å². The van der Waals surface area contributed by atoms with Gasteiger partial charge in [-0.3, -0.25) is 15.7 Å². The largest absolute Gasteiger partial charge is 0.387 e. The van der Waals surface area contributed by atoms with E-state index in [-0.39, 0.29) is 5.84 Å². The van der Waals surface area contributed by atoms with E-state index in [0.717, 1.165) is 32.1 Å². The Morgan fingerprint density at radius 2 is 1.75 bits per heavy atom. The lowest BCUT2D eigenvalue weighted by Crippen LogP contribution is -2.49. The quantitative estimate of drug-likeness (QED) is 0.474. The first kappa shape index (κ1) is 11.4. The Labute approximate surface area is 96.6 Å². The molecule has 2 aliphatic rings. The van der Waals surface area contributed by atoms with Crippen LogP contribution in [0.15, 0.2) is 0 Å². The number of amidine groups is 2. The highest BCUT2D eigenvalue weighted by atomic mass is 15.3. The first-order valence-electron chi connectivity index (χ1n) is 6.03. The number of nitrogens with two attached hydrogens (primary N) is 1. The van der Waals surface area contributed by atoms with Gasteiger partial charge in [-0.2, -0.15) is 0 Å². The van der Waals surface area contributed by atoms with Gasteiger partial charge in [-0.15, -0.1) is 0 Å². The molecule has 1 saturated heterocycles. The molecule has 4 N–H and O–H groups in total. The fraction of sp³-hybridized carbons (Fsp3) is 0.818. The second-order valence-corrected chi connectivity index (χ2v) is 4.88. The topological polar surface area (TPSA) is 80.2 Å². The van der Waals surface area contributed by atoms with Crippen molar-refractivity contribution < 1.29 is 0 Å². The van der Waals surface area contributed by atoms with E-state index in [4.69, 9.17) is 16.6 Å². The lowest BCUT2D eigenvalue weighted by molar-refractivity contribution is 0.174. The second kappa shape index (κ2) is 4.82. The van der Waals surface area contributed by atoms with Crippen LogP contribution >= 0.6 is 0 Å². The molecule has 16 heavy (non-hydrogen) atoms. The van der Waals surface area contributed by atoms with Crippen molar-refractivity contribution in [3.8, 4) is 0 Å². The zero-order chi connectivity index (χ0) is 11.5. The number of nitrogens with zero attached hydrogens (tertiary/aromatic N) is 2. The van der Waals surface area contributed by atoms with Crippen LogP contribution in [0.4, 0.5) is 0 Å². The lowest BCUT2D eigenvalue weighted by atomic mass is 10.2. The molecule has 0 aromatic heterocycles. The Balaban J connectivity index is 1.71. The van der Waals surface area contributed by atoms with E-state index in [1.54, 1.807) is 0 Å². The summed E-state index contributed by atoms with van der Waals surface area (Å²) in [5, 5.41) is 15.0. The van der Waals surface area contributed by atoms with Gasteiger partial charge in [-0.25, -0.2) is 0 Å². The molecule has 0 amide bonds. The summed E-state index contributed by atoms with van der Waals surface area (Å²) in [4.78, 5) is 4.54. The van der Waals surface area contributed by atoms with Crippen LogP contribution in [0.25, 0.3) is 0 Å². The molecular weight excluding hydrogens is 202 g/mol. The van der Waals surface area contributed by atoms with E-state index < -0.39 is 0 Å². The minimum absolute atomic E-state index is 0.0883. The summed E-state index contributed by atoms with van der Waals surface area (Å²) in [6, 6.07) is 0. The SMILES string of the molecule is N=C(N)CC(=N)N1CCN(CC2CC2)CC1. The number of hydrogen-bond acceptors (Lipinski definition) is 3. The molecule has 90 valence electrons. The number of rotatable bonds is 4. The summed E-state index contributed by atoms with van der Waals surface area (Å²) in [5.74, 6) is 1.53. The molecule has 0 unspecified atom stereocenters. The Morgan fingerprint density at radius 3 is 2.25 bits per heavy atom. The van der Waals surface area contributed by atoms with Crippen molar-refractivity contribution in [1.82, 2.24) is 9.80 Å². The number of hydrogen-bond donors (Lipinski definition) is 3. The molecule has 0 radical (unpaired) electrons. The zero-order valence-corrected chi connectivity index (χ0v) is 9.71. The first-order valence-corrected chi connectivity index (χ1v) is 6.03. The third-order valence-electron chi connectivity index (χ3n) is 3.33. The first-order chi connectivity index (χ1) is 7.65. The molecule has 0 aromatic carbocycles. The second-order valence-electron chi connectivity index (χ2n) is 4.88. The Morgan fingerprint density at radius 1 is 1.12 bits per heavy atom. The maximum absolute atomic E-state index is 7.82. The van der Waals surface area contributed by atoms with E-state index >= 15 is 0 Å². The smallest absolute Gasteiger partial charge is 0.103 e. The third kappa shape index (κ3) is 3.20. The van der Waals surface area contributed by atoms with Crippen LogP contribution < -0.4 is 5.73 Å². The van der Waals surface area contributed by atoms with Gasteiger partial charge in [0, 0.05) is 32.7 Å². The molecule has 0 atom stereocenters. The van der Waals surface area contributed by atoms with Crippen LogP contribution in [0.5, 0.6) is 0 Å². The monoisotopic (exact) mass is 223 g/mol. The average Bonchev–Trinajstić information content (AvgIpc) is 3.01. The standard InChI is InChI=1S/C11H21N5/c12-10(13)7-11(14)16-5-3-15(4-6-16)8-9-1-2-9/h9,14H,1-8H2,(H3,12,13). The van der Waals surface area contributed by atoms with Gasteiger partial charge in [0.1, 0.15) is 5.84 Å². The van der Waals surface area contributed by atoms with Crippen molar-refractivity contribution >= 4 is 11.7 Å². The molecule has 5 nitrogen and oxygen atoms in total. The highest BCUT2D eigenvalue weighted by Crippen LogP contribution is 2.29. The van der Waals surface area contributed by atoms with Gasteiger partial charge in [0.25, 0.3) is 0 Å². The van der Waals surface area contributed by atoms with Crippen molar-refractivity contribution in [2.24, 2.45) is 11.7 Å². The van der Waals surface area contributed by atoms with Crippen LogP contribution in [-0.4, -0.2) is 54.2 Å². The molecule has 0 spiro atoms. The van der Waals surface area contributed by atoms with Crippen LogP contribution in [0.2, 0.25) is 0 Å². The highest BCUT2D eigenvalue weighted by molar-refractivity contribution is 5.98. The van der Waals surface area contributed by atoms with Crippen molar-refractivity contribution in [3.63, 3.8) is 0 Å². The van der Waals surface area contributed by atoms with Gasteiger partial charge in [-0.1, -0.05) is 0 Å². The molecule has 1 heterocycles. The van der Waals surface area contributed by atoms with E-state index in [2.05, 4.69) is 4.90 Å². The summed E-state index contributed by atoms with van der Waals surface area (Å²) in [6.07, 6.45) is 3.10. The van der Waals surface area contributed by atoms with Crippen molar-refractivity contribution in [1.29, 1.82) is 10.8 Å². The minimum atomic E-state index is 0.0883. The maximum atomic E-state index is 7.82. The van der Waals surface area contributed by atoms with Gasteiger partial charge in [0.2, 0.25) is 0 Å². The van der Waals surface area contributed by atoms with E-state index in [9.17, 15) is 0 Å². The van der Waals surface area contributed by atoms with Gasteiger partial charge < -0.3 is 10.6 Å². The Bertz CT molecular complexity index is 276. The van der Waals surface area contributed by atoms with Crippen LogP contribution in [-0.2, 0) is 0 Å². The molecule has 1 aliphatic carbocycles. The lowest BCUT2D eigenvalue weighted by Gasteiger charge is -2.36. The van der Waals surface area contributed by atoms with Gasteiger partial charge in [0.05, 0.1) is 12.3 Å². The van der Waals surface area contributed by atoms with Gasteiger partial charge in [-0.05, 0) is 18.8 Å². The predicted octanol–water partition coefficient (Wildman–Crippen LogP) is 0.317. The molecule has 0 bridgehead atoms. The fourth-order valence-corrected chi connectivity index (χ4v) is 2.16. The fourth-order valence-electron chi connectivity index (χ4n) is 2.16. The predicted molar refractivity (Wildman–Crippen MR) is 65.0 cm³/mol. The zero-order valence-electron chi connectivity index (χ0n) is 9.71. The maximum Gasteiger partial charge on any atom is 0.103 e. The summed E-state index contributed by atoms with van der Waals surface area (Å²) in [5.41, 5.74) is 5.31. The van der Waals surface area contributed by atoms with Crippen LogP contribution in [0.3, 0.4) is 0 Å². The van der Waals surface area contributed by atoms with Crippen molar-refractivity contribution in [2.45, 2.75) is 19.3 Å². The van der Waals surface area contributed by atoms with Gasteiger partial charge >= 0.3 is 0 Å². The summed E-state index contributed by atoms with van der Waals surface area (Å²) < 4.78 is 0. The van der Waals surface area contributed by atoms with Crippen molar-refractivity contribution in [2.75, 3.05) is 32.7 Å². The molecule has 1 aliphatic heterocycles. The summed E-state index contributed by atoms with van der Waals surface area (Å²) in [6.45, 7) is 5.18. The van der Waals surface area contributed by atoms with E-state index in [0.29, 0.717) is 12.3 Å². The highest BCUT2D eigenvalue weighted by Gasteiger charge is 2.26. The summed E-state index contributed by atoms with van der Waals surface area (Å²) >= 11 is 0. The molecule has 5 heteroatoms. The number of nitrogens with one attached hydrogen (secondary N) is 2. The Hall–Kier alpha value is -1.10. The minimum Gasteiger partial charge on any atom is -0.387 e. The van der Waals surface area contributed by atoms with Crippen LogP contribution in [0, 0.1) is 16.7 Å². The van der Waals surface area contributed by atoms with Gasteiger partial charge in [0.15, 0.2) is 0 Å². The van der Waals surface area contributed by atoms with E-state index in [1.165, 1.54) is 19.4 Å².